The number of hydrogen-bond acceptors (Lipinski definition) is 2. The molecule has 0 bridgehead atoms. The first-order valence-corrected chi connectivity index (χ1v) is 5.71. The standard InChI is InChI=1S/C15H15NO2/c1-11-6-8-12(9-7-11)15(18)16(2)13-4-3-5-14(17)10-13/h3-10,17H,1-2H3. The van der Waals surface area contributed by atoms with Crippen LogP contribution in [0.25, 0.3) is 0 Å². The molecule has 0 aliphatic carbocycles. The number of hydrogen-bond donors (Lipinski definition) is 1. The molecule has 2 rings (SSSR count). The molecular formula is C15H15NO2. The van der Waals surface area contributed by atoms with E-state index in [0.717, 1.165) is 5.56 Å². The van der Waals surface area contributed by atoms with Crippen molar-refractivity contribution >= 4 is 11.6 Å². The highest BCUT2D eigenvalue weighted by Crippen LogP contribution is 2.20. The molecule has 0 fully saturated rings. The minimum atomic E-state index is -0.0967. The van der Waals surface area contributed by atoms with Crippen LogP contribution >= 0.6 is 0 Å². The Morgan fingerprint density at radius 3 is 2.39 bits per heavy atom. The number of carbonyl (C=O) groups is 1. The Bertz CT molecular complexity index is 561. The second-order valence-corrected chi connectivity index (χ2v) is 4.25. The van der Waals surface area contributed by atoms with Gasteiger partial charge in [0, 0.05) is 24.4 Å². The van der Waals surface area contributed by atoms with Crippen LogP contribution in [0, 0.1) is 6.92 Å². The maximum absolute atomic E-state index is 12.2. The van der Waals surface area contributed by atoms with E-state index < -0.39 is 0 Å². The third-order valence-electron chi connectivity index (χ3n) is 2.82. The lowest BCUT2D eigenvalue weighted by Gasteiger charge is -2.17. The van der Waals surface area contributed by atoms with E-state index in [4.69, 9.17) is 0 Å². The van der Waals surface area contributed by atoms with Crippen molar-refractivity contribution in [1.29, 1.82) is 0 Å². The van der Waals surface area contributed by atoms with Gasteiger partial charge in [-0.15, -0.1) is 0 Å². The van der Waals surface area contributed by atoms with Crippen LogP contribution in [-0.2, 0) is 0 Å². The summed E-state index contributed by atoms with van der Waals surface area (Å²) in [5, 5.41) is 9.41. The van der Waals surface area contributed by atoms with Gasteiger partial charge in [-0.25, -0.2) is 0 Å². The minimum Gasteiger partial charge on any atom is -0.508 e. The number of anilines is 1. The molecule has 3 heteroatoms. The van der Waals surface area contributed by atoms with E-state index in [9.17, 15) is 9.90 Å². The Hall–Kier alpha value is -2.29. The Morgan fingerprint density at radius 2 is 1.78 bits per heavy atom. The number of aromatic hydroxyl groups is 1. The summed E-state index contributed by atoms with van der Waals surface area (Å²) >= 11 is 0. The molecule has 1 N–H and O–H groups in total. The summed E-state index contributed by atoms with van der Waals surface area (Å²) < 4.78 is 0. The second kappa shape index (κ2) is 4.92. The molecule has 0 unspecified atom stereocenters. The molecule has 2 aromatic rings. The Balaban J connectivity index is 2.26. The average Bonchev–Trinajstić information content (AvgIpc) is 2.38. The highest BCUT2D eigenvalue weighted by Gasteiger charge is 2.13. The molecule has 0 atom stereocenters. The smallest absolute Gasteiger partial charge is 0.258 e. The largest absolute Gasteiger partial charge is 0.508 e. The van der Waals surface area contributed by atoms with Gasteiger partial charge in [0.1, 0.15) is 5.75 Å². The van der Waals surface area contributed by atoms with Gasteiger partial charge in [-0.2, -0.15) is 0 Å². The molecule has 3 nitrogen and oxygen atoms in total. The number of aryl methyl sites for hydroxylation is 1. The number of benzene rings is 2. The fourth-order valence-electron chi connectivity index (χ4n) is 1.71. The Morgan fingerprint density at radius 1 is 1.11 bits per heavy atom. The van der Waals surface area contributed by atoms with E-state index >= 15 is 0 Å². The van der Waals surface area contributed by atoms with Crippen molar-refractivity contribution in [2.45, 2.75) is 6.92 Å². The van der Waals surface area contributed by atoms with Gasteiger partial charge in [0.25, 0.3) is 5.91 Å². The van der Waals surface area contributed by atoms with Crippen LogP contribution in [0.5, 0.6) is 5.75 Å². The lowest BCUT2D eigenvalue weighted by Crippen LogP contribution is -2.26. The number of carbonyl (C=O) groups excluding carboxylic acids is 1. The highest BCUT2D eigenvalue weighted by atomic mass is 16.3. The molecule has 0 heterocycles. The number of phenolic OH excluding ortho intramolecular Hbond substituents is 1. The second-order valence-electron chi connectivity index (χ2n) is 4.25. The molecule has 0 spiro atoms. The van der Waals surface area contributed by atoms with Crippen molar-refractivity contribution in [2.24, 2.45) is 0 Å². The zero-order valence-corrected chi connectivity index (χ0v) is 10.4. The summed E-state index contributed by atoms with van der Waals surface area (Å²) in [5.41, 5.74) is 2.42. The first-order valence-electron chi connectivity index (χ1n) is 5.71. The zero-order valence-electron chi connectivity index (χ0n) is 10.4. The summed E-state index contributed by atoms with van der Waals surface area (Å²) in [6, 6.07) is 14.1. The highest BCUT2D eigenvalue weighted by molar-refractivity contribution is 6.05. The van der Waals surface area contributed by atoms with Crippen LogP contribution in [0.15, 0.2) is 48.5 Å². The van der Waals surface area contributed by atoms with E-state index in [0.29, 0.717) is 11.3 Å². The number of amides is 1. The van der Waals surface area contributed by atoms with Gasteiger partial charge in [0.05, 0.1) is 0 Å². The number of nitrogens with zero attached hydrogens (tertiary/aromatic N) is 1. The van der Waals surface area contributed by atoms with Crippen LogP contribution < -0.4 is 4.90 Å². The molecule has 92 valence electrons. The van der Waals surface area contributed by atoms with Gasteiger partial charge in [0.15, 0.2) is 0 Å². The van der Waals surface area contributed by atoms with Crippen LogP contribution in [-0.4, -0.2) is 18.1 Å². The van der Waals surface area contributed by atoms with E-state index in [-0.39, 0.29) is 11.7 Å². The van der Waals surface area contributed by atoms with Crippen molar-refractivity contribution in [1.82, 2.24) is 0 Å². The molecule has 0 radical (unpaired) electrons. The van der Waals surface area contributed by atoms with E-state index in [1.807, 2.05) is 19.1 Å². The Kier molecular flexibility index (Phi) is 3.33. The van der Waals surface area contributed by atoms with Crippen LogP contribution in [0.2, 0.25) is 0 Å². The van der Waals surface area contributed by atoms with Gasteiger partial charge in [-0.05, 0) is 31.2 Å². The van der Waals surface area contributed by atoms with E-state index in [1.165, 1.54) is 4.90 Å². The fourth-order valence-corrected chi connectivity index (χ4v) is 1.71. The molecule has 0 saturated heterocycles. The van der Waals surface area contributed by atoms with Crippen LogP contribution in [0.4, 0.5) is 5.69 Å². The first-order chi connectivity index (χ1) is 8.58. The molecule has 0 aliphatic heterocycles. The van der Waals surface area contributed by atoms with Crippen LogP contribution in [0.3, 0.4) is 0 Å². The van der Waals surface area contributed by atoms with Crippen molar-refractivity contribution in [3.63, 3.8) is 0 Å². The van der Waals surface area contributed by atoms with Crippen molar-refractivity contribution in [3.8, 4) is 5.75 Å². The molecular weight excluding hydrogens is 226 g/mol. The monoisotopic (exact) mass is 241 g/mol. The van der Waals surface area contributed by atoms with Crippen molar-refractivity contribution in [2.75, 3.05) is 11.9 Å². The average molecular weight is 241 g/mol. The third-order valence-corrected chi connectivity index (χ3v) is 2.82. The fraction of sp³-hybridized carbons (Fsp3) is 0.133. The van der Waals surface area contributed by atoms with Gasteiger partial charge in [0.2, 0.25) is 0 Å². The number of phenols is 1. The molecule has 0 saturated carbocycles. The molecule has 2 aromatic carbocycles. The first kappa shape index (κ1) is 12.2. The van der Waals surface area contributed by atoms with E-state index in [2.05, 4.69) is 0 Å². The Labute approximate surface area is 106 Å². The lowest BCUT2D eigenvalue weighted by atomic mass is 10.1. The molecule has 0 aromatic heterocycles. The maximum atomic E-state index is 12.2. The summed E-state index contributed by atoms with van der Waals surface area (Å²) in [6.45, 7) is 1.98. The summed E-state index contributed by atoms with van der Waals surface area (Å²) in [6.07, 6.45) is 0. The minimum absolute atomic E-state index is 0.0967. The zero-order chi connectivity index (χ0) is 13.1. The SMILES string of the molecule is Cc1ccc(C(=O)N(C)c2cccc(O)c2)cc1. The van der Waals surface area contributed by atoms with Crippen LogP contribution in [0.1, 0.15) is 15.9 Å². The number of rotatable bonds is 2. The molecule has 1 amide bonds. The van der Waals surface area contributed by atoms with Gasteiger partial charge in [-0.1, -0.05) is 23.8 Å². The normalized spacial score (nSPS) is 10.1. The quantitative estimate of drug-likeness (QED) is 0.878. The molecule has 0 aliphatic rings. The maximum Gasteiger partial charge on any atom is 0.258 e. The lowest BCUT2D eigenvalue weighted by molar-refractivity contribution is 0.0993. The van der Waals surface area contributed by atoms with E-state index in [1.54, 1.807) is 43.4 Å². The summed E-state index contributed by atoms with van der Waals surface area (Å²) in [7, 11) is 1.69. The van der Waals surface area contributed by atoms with Gasteiger partial charge in [-0.3, -0.25) is 4.79 Å². The predicted molar refractivity (Wildman–Crippen MR) is 72.0 cm³/mol. The summed E-state index contributed by atoms with van der Waals surface area (Å²) in [4.78, 5) is 13.7. The van der Waals surface area contributed by atoms with Gasteiger partial charge < -0.3 is 10.0 Å². The topological polar surface area (TPSA) is 40.5 Å². The molecule has 18 heavy (non-hydrogen) atoms. The summed E-state index contributed by atoms with van der Waals surface area (Å²) in [5.74, 6) is 0.0525. The predicted octanol–water partition coefficient (Wildman–Crippen LogP) is 2.98. The third kappa shape index (κ3) is 2.51. The van der Waals surface area contributed by atoms with Crippen molar-refractivity contribution in [3.05, 3.63) is 59.7 Å². The van der Waals surface area contributed by atoms with Crippen molar-refractivity contribution < 1.29 is 9.90 Å². The van der Waals surface area contributed by atoms with Gasteiger partial charge >= 0.3 is 0 Å².